The molecule has 5 rings (SSSR count). The highest BCUT2D eigenvalue weighted by Crippen LogP contribution is 2.32. The fourth-order valence-electron chi connectivity index (χ4n) is 3.41. The minimum Gasteiger partial charge on any atom is -0.456 e. The van der Waals surface area contributed by atoms with Crippen LogP contribution in [0.3, 0.4) is 0 Å². The van der Waals surface area contributed by atoms with Crippen LogP contribution in [0, 0.1) is 0 Å². The van der Waals surface area contributed by atoms with E-state index < -0.39 is 10.0 Å². The molecule has 1 aliphatic heterocycles. The molecule has 0 amide bonds. The Kier molecular flexibility index (Phi) is 4.46. The molecule has 148 valence electrons. The van der Waals surface area contributed by atoms with Crippen molar-refractivity contribution in [3.8, 4) is 11.6 Å². The van der Waals surface area contributed by atoms with Crippen molar-refractivity contribution < 1.29 is 22.3 Å². The topological polar surface area (TPSA) is 81.9 Å². The maximum atomic E-state index is 12.7. The van der Waals surface area contributed by atoms with Crippen molar-refractivity contribution in [2.24, 2.45) is 0 Å². The van der Waals surface area contributed by atoms with Gasteiger partial charge in [0.2, 0.25) is 15.9 Å². The molecule has 2 aromatic heterocycles. The molecule has 29 heavy (non-hydrogen) atoms. The first-order valence-corrected chi connectivity index (χ1v) is 10.7. The Hall–Kier alpha value is -2.94. The van der Waals surface area contributed by atoms with Crippen LogP contribution in [-0.4, -0.2) is 44.0 Å². The van der Waals surface area contributed by atoms with E-state index >= 15 is 0 Å². The molecule has 1 saturated heterocycles. The van der Waals surface area contributed by atoms with Gasteiger partial charge in [-0.25, -0.2) is 13.4 Å². The van der Waals surface area contributed by atoms with Gasteiger partial charge >= 0.3 is 0 Å². The summed E-state index contributed by atoms with van der Waals surface area (Å²) in [4.78, 5) is 4.32. The molecule has 7 nitrogen and oxygen atoms in total. The number of furan rings is 1. The van der Waals surface area contributed by atoms with Crippen molar-refractivity contribution in [1.29, 1.82) is 0 Å². The largest absolute Gasteiger partial charge is 0.456 e. The summed E-state index contributed by atoms with van der Waals surface area (Å²) in [5.41, 5.74) is 1.59. The first-order chi connectivity index (χ1) is 14.1. The van der Waals surface area contributed by atoms with Gasteiger partial charge in [0.1, 0.15) is 21.8 Å². The number of hydrogen-bond acceptors (Lipinski definition) is 6. The van der Waals surface area contributed by atoms with Crippen molar-refractivity contribution in [2.75, 3.05) is 26.3 Å². The average Bonchev–Trinajstić information content (AvgIpc) is 3.13. The third-order valence-electron chi connectivity index (χ3n) is 4.89. The molecule has 1 fully saturated rings. The van der Waals surface area contributed by atoms with Crippen LogP contribution in [0.2, 0.25) is 0 Å². The number of nitrogens with zero attached hydrogens (tertiary/aromatic N) is 2. The number of rotatable bonds is 4. The van der Waals surface area contributed by atoms with Crippen LogP contribution in [0.4, 0.5) is 0 Å². The Balaban J connectivity index is 1.40. The van der Waals surface area contributed by atoms with Crippen LogP contribution in [0.25, 0.3) is 21.9 Å². The summed E-state index contributed by atoms with van der Waals surface area (Å²) in [6.45, 7) is 1.50. The number of ether oxygens (including phenoxy) is 2. The van der Waals surface area contributed by atoms with E-state index in [4.69, 9.17) is 13.9 Å². The summed E-state index contributed by atoms with van der Waals surface area (Å²) in [5.74, 6) is 0.915. The molecule has 0 N–H and O–H groups in total. The lowest BCUT2D eigenvalue weighted by Gasteiger charge is -2.25. The van der Waals surface area contributed by atoms with Gasteiger partial charge in [-0.15, -0.1) is 0 Å². The highest BCUT2D eigenvalue weighted by Gasteiger charge is 2.26. The molecule has 8 heteroatoms. The average molecular weight is 410 g/mol. The van der Waals surface area contributed by atoms with Gasteiger partial charge < -0.3 is 13.9 Å². The fourth-order valence-corrected chi connectivity index (χ4v) is 4.76. The van der Waals surface area contributed by atoms with Gasteiger partial charge in [-0.05, 0) is 30.3 Å². The highest BCUT2D eigenvalue weighted by molar-refractivity contribution is 7.89. The molecule has 0 bridgehead atoms. The molecule has 2 aromatic carbocycles. The Morgan fingerprint density at radius 2 is 1.72 bits per heavy atom. The van der Waals surface area contributed by atoms with E-state index in [1.165, 1.54) is 16.6 Å². The molecule has 0 atom stereocenters. The maximum absolute atomic E-state index is 12.7. The molecule has 0 radical (unpaired) electrons. The molecule has 0 saturated carbocycles. The highest BCUT2D eigenvalue weighted by atomic mass is 32.2. The van der Waals surface area contributed by atoms with Crippen LogP contribution >= 0.6 is 0 Å². The summed E-state index contributed by atoms with van der Waals surface area (Å²) in [6.07, 6.45) is 1.33. The summed E-state index contributed by atoms with van der Waals surface area (Å²) >= 11 is 0. The van der Waals surface area contributed by atoms with E-state index in [2.05, 4.69) is 4.98 Å². The number of benzene rings is 2. The fraction of sp³-hybridized carbons (Fsp3) is 0.190. The smallest absolute Gasteiger partial charge is 0.244 e. The summed E-state index contributed by atoms with van der Waals surface area (Å²) in [7, 11) is -3.57. The first-order valence-electron chi connectivity index (χ1n) is 9.24. The zero-order valence-corrected chi connectivity index (χ0v) is 16.3. The third-order valence-corrected chi connectivity index (χ3v) is 6.77. The molecular formula is C21H18N2O5S. The SMILES string of the molecule is O=S(=O)(c1ccc(Oc2ccc3oc4ccccc4c3c2)nc1)N1CCOCC1. The molecular weight excluding hydrogens is 392 g/mol. The number of sulfonamides is 1. The Labute approximate surface area is 167 Å². The standard InChI is InChI=1S/C21H18N2O5S/c24-29(25,23-9-11-26-12-10-23)16-6-8-21(22-14-16)27-15-5-7-20-18(13-15)17-3-1-2-4-19(17)28-20/h1-8,13-14H,9-12H2. The molecule has 3 heterocycles. The van der Waals surface area contributed by atoms with Crippen LogP contribution in [0.5, 0.6) is 11.6 Å². The lowest BCUT2D eigenvalue weighted by Crippen LogP contribution is -2.40. The summed E-state index contributed by atoms with van der Waals surface area (Å²) in [5, 5.41) is 1.96. The zero-order valence-electron chi connectivity index (χ0n) is 15.4. The van der Waals surface area contributed by atoms with Crippen molar-refractivity contribution in [1.82, 2.24) is 9.29 Å². The van der Waals surface area contributed by atoms with Gasteiger partial charge in [0.05, 0.1) is 19.4 Å². The molecule has 1 aliphatic rings. The van der Waals surface area contributed by atoms with Crippen LogP contribution in [0.1, 0.15) is 0 Å². The number of aromatic nitrogens is 1. The maximum Gasteiger partial charge on any atom is 0.244 e. The van der Waals surface area contributed by atoms with E-state index in [0.717, 1.165) is 21.9 Å². The van der Waals surface area contributed by atoms with E-state index in [9.17, 15) is 8.42 Å². The second kappa shape index (κ2) is 7.14. The molecule has 0 aliphatic carbocycles. The van der Waals surface area contributed by atoms with Gasteiger partial charge in [0, 0.05) is 29.9 Å². The second-order valence-electron chi connectivity index (χ2n) is 6.71. The molecule has 0 spiro atoms. The Morgan fingerprint density at radius 3 is 2.52 bits per heavy atom. The minimum absolute atomic E-state index is 0.142. The number of fused-ring (bicyclic) bond motifs is 3. The zero-order chi connectivity index (χ0) is 19.8. The first kappa shape index (κ1) is 18.1. The van der Waals surface area contributed by atoms with Gasteiger partial charge in [0.25, 0.3) is 0 Å². The van der Waals surface area contributed by atoms with Crippen molar-refractivity contribution >= 4 is 32.0 Å². The van der Waals surface area contributed by atoms with Crippen molar-refractivity contribution in [3.63, 3.8) is 0 Å². The van der Waals surface area contributed by atoms with Gasteiger partial charge in [-0.2, -0.15) is 4.31 Å². The second-order valence-corrected chi connectivity index (χ2v) is 8.64. The van der Waals surface area contributed by atoms with Crippen LogP contribution in [-0.2, 0) is 14.8 Å². The number of pyridine rings is 1. The van der Waals surface area contributed by atoms with Crippen LogP contribution in [0.15, 0.2) is 70.1 Å². The molecule has 0 unspecified atom stereocenters. The van der Waals surface area contributed by atoms with E-state index in [1.807, 2.05) is 36.4 Å². The normalized spacial score (nSPS) is 15.7. The lowest BCUT2D eigenvalue weighted by molar-refractivity contribution is 0.0730. The Morgan fingerprint density at radius 1 is 0.931 bits per heavy atom. The third kappa shape index (κ3) is 3.35. The van der Waals surface area contributed by atoms with E-state index in [1.54, 1.807) is 12.1 Å². The monoisotopic (exact) mass is 410 g/mol. The predicted molar refractivity (Wildman–Crippen MR) is 108 cm³/mol. The number of morpholine rings is 1. The lowest BCUT2D eigenvalue weighted by atomic mass is 10.1. The Bertz CT molecular complexity index is 1280. The van der Waals surface area contributed by atoms with Crippen molar-refractivity contribution in [2.45, 2.75) is 4.90 Å². The summed E-state index contributed by atoms with van der Waals surface area (Å²) in [6, 6.07) is 16.4. The predicted octanol–water partition coefficient (Wildman–Crippen LogP) is 3.79. The number of para-hydroxylation sites is 1. The van der Waals surface area contributed by atoms with Gasteiger partial charge in [0.15, 0.2) is 0 Å². The van der Waals surface area contributed by atoms with Gasteiger partial charge in [-0.1, -0.05) is 18.2 Å². The van der Waals surface area contributed by atoms with E-state index in [0.29, 0.717) is 37.9 Å². The summed E-state index contributed by atoms with van der Waals surface area (Å²) < 4.78 is 43.6. The van der Waals surface area contributed by atoms with Crippen LogP contribution < -0.4 is 4.74 Å². The molecule has 4 aromatic rings. The minimum atomic E-state index is -3.57. The number of hydrogen-bond donors (Lipinski definition) is 0. The van der Waals surface area contributed by atoms with Gasteiger partial charge in [-0.3, -0.25) is 0 Å². The van der Waals surface area contributed by atoms with E-state index in [-0.39, 0.29) is 4.90 Å². The van der Waals surface area contributed by atoms with Crippen molar-refractivity contribution in [3.05, 3.63) is 60.8 Å². The quantitative estimate of drug-likeness (QED) is 0.509.